The predicted molar refractivity (Wildman–Crippen MR) is 133 cm³/mol. The lowest BCUT2D eigenvalue weighted by Gasteiger charge is -2.25. The van der Waals surface area contributed by atoms with Crippen LogP contribution in [0.25, 0.3) is 0 Å². The van der Waals surface area contributed by atoms with Gasteiger partial charge in [0.2, 0.25) is 5.91 Å². The fourth-order valence-corrected chi connectivity index (χ4v) is 4.40. The SMILES string of the molecule is O=C(CN1CCOCC1)Nc1cc(CSc2ncccc2C(=O)Nc2ccc(Cl)cc2)ccn1. The van der Waals surface area contributed by atoms with Crippen molar-refractivity contribution in [3.8, 4) is 0 Å². The third-order valence-electron chi connectivity index (χ3n) is 5.06. The first-order valence-electron chi connectivity index (χ1n) is 10.8. The number of amides is 2. The van der Waals surface area contributed by atoms with E-state index in [1.54, 1.807) is 48.8 Å². The number of carbonyl (C=O) groups excluding carboxylic acids is 2. The van der Waals surface area contributed by atoms with Crippen molar-refractivity contribution in [1.29, 1.82) is 0 Å². The van der Waals surface area contributed by atoms with Crippen LogP contribution in [0.4, 0.5) is 11.5 Å². The largest absolute Gasteiger partial charge is 0.379 e. The van der Waals surface area contributed by atoms with Crippen LogP contribution in [0.15, 0.2) is 66.0 Å². The molecule has 34 heavy (non-hydrogen) atoms. The minimum atomic E-state index is -0.247. The number of carbonyl (C=O) groups is 2. The molecular weight excluding hydrogens is 474 g/mol. The monoisotopic (exact) mass is 497 g/mol. The highest BCUT2D eigenvalue weighted by atomic mass is 35.5. The molecule has 3 heterocycles. The molecule has 1 fully saturated rings. The van der Waals surface area contributed by atoms with Crippen molar-refractivity contribution in [2.24, 2.45) is 0 Å². The third-order valence-corrected chi connectivity index (χ3v) is 6.38. The van der Waals surface area contributed by atoms with Gasteiger partial charge in [-0.1, -0.05) is 11.6 Å². The second-order valence-corrected chi connectivity index (χ2v) is 8.99. The molecular formula is C24H24ClN5O3S. The Balaban J connectivity index is 1.35. The van der Waals surface area contributed by atoms with Gasteiger partial charge in [0.25, 0.3) is 5.91 Å². The van der Waals surface area contributed by atoms with Gasteiger partial charge in [0, 0.05) is 41.9 Å². The summed E-state index contributed by atoms with van der Waals surface area (Å²) in [7, 11) is 0. The summed E-state index contributed by atoms with van der Waals surface area (Å²) in [5.41, 5.74) is 2.09. The van der Waals surface area contributed by atoms with Crippen LogP contribution in [-0.4, -0.2) is 59.5 Å². The normalized spacial score (nSPS) is 13.9. The first-order chi connectivity index (χ1) is 16.6. The van der Waals surface area contributed by atoms with Crippen LogP contribution in [0.5, 0.6) is 0 Å². The van der Waals surface area contributed by atoms with Crippen molar-refractivity contribution in [1.82, 2.24) is 14.9 Å². The summed E-state index contributed by atoms with van der Waals surface area (Å²) in [6, 6.07) is 14.1. The Labute approximate surface area is 207 Å². The van der Waals surface area contributed by atoms with Crippen LogP contribution in [0.1, 0.15) is 15.9 Å². The van der Waals surface area contributed by atoms with E-state index in [9.17, 15) is 9.59 Å². The zero-order valence-corrected chi connectivity index (χ0v) is 19.9. The maximum absolute atomic E-state index is 12.8. The van der Waals surface area contributed by atoms with Gasteiger partial charge >= 0.3 is 0 Å². The Morgan fingerprint density at radius 3 is 2.62 bits per heavy atom. The number of pyridine rings is 2. The lowest BCUT2D eigenvalue weighted by molar-refractivity contribution is -0.118. The Hall–Kier alpha value is -2.98. The van der Waals surface area contributed by atoms with Crippen LogP contribution in [0.3, 0.4) is 0 Å². The average molecular weight is 498 g/mol. The fourth-order valence-electron chi connectivity index (χ4n) is 3.34. The molecule has 2 amide bonds. The number of aromatic nitrogens is 2. The molecule has 0 atom stereocenters. The molecule has 10 heteroatoms. The lowest BCUT2D eigenvalue weighted by atomic mass is 10.2. The molecule has 0 saturated carbocycles. The van der Waals surface area contributed by atoms with Crippen LogP contribution in [0.2, 0.25) is 5.02 Å². The van der Waals surface area contributed by atoms with E-state index in [2.05, 4.69) is 25.5 Å². The van der Waals surface area contributed by atoms with E-state index in [0.717, 1.165) is 18.7 Å². The quantitative estimate of drug-likeness (QED) is 0.455. The summed E-state index contributed by atoms with van der Waals surface area (Å²) in [6.45, 7) is 3.09. The van der Waals surface area contributed by atoms with Crippen LogP contribution in [-0.2, 0) is 15.3 Å². The number of anilines is 2. The minimum Gasteiger partial charge on any atom is -0.379 e. The summed E-state index contributed by atoms with van der Waals surface area (Å²) in [6.07, 6.45) is 3.32. The maximum Gasteiger partial charge on any atom is 0.258 e. The van der Waals surface area contributed by atoms with E-state index in [4.69, 9.17) is 16.3 Å². The van der Waals surface area contributed by atoms with Gasteiger partial charge in [0.15, 0.2) is 0 Å². The fraction of sp³-hybridized carbons (Fsp3) is 0.250. The average Bonchev–Trinajstić information content (AvgIpc) is 2.85. The van der Waals surface area contributed by atoms with Gasteiger partial charge in [-0.25, -0.2) is 9.97 Å². The maximum atomic E-state index is 12.8. The lowest BCUT2D eigenvalue weighted by Crippen LogP contribution is -2.41. The molecule has 0 radical (unpaired) electrons. The second kappa shape index (κ2) is 11.9. The number of nitrogens with one attached hydrogen (secondary N) is 2. The van der Waals surface area contributed by atoms with Crippen molar-refractivity contribution in [2.75, 3.05) is 43.5 Å². The molecule has 0 aliphatic carbocycles. The van der Waals surface area contributed by atoms with Crippen LogP contribution >= 0.6 is 23.4 Å². The van der Waals surface area contributed by atoms with Crippen LogP contribution < -0.4 is 10.6 Å². The Kier molecular flexibility index (Phi) is 8.48. The molecule has 176 valence electrons. The number of hydrogen-bond donors (Lipinski definition) is 2. The molecule has 3 aromatic rings. The summed E-state index contributed by atoms with van der Waals surface area (Å²) in [4.78, 5) is 35.9. The Bertz CT molecular complexity index is 1140. The van der Waals surface area contributed by atoms with Crippen molar-refractivity contribution in [2.45, 2.75) is 10.8 Å². The highest BCUT2D eigenvalue weighted by Crippen LogP contribution is 2.26. The van der Waals surface area contributed by atoms with Gasteiger partial charge in [-0.2, -0.15) is 0 Å². The van der Waals surface area contributed by atoms with Gasteiger partial charge in [-0.3, -0.25) is 14.5 Å². The standard InChI is InChI=1S/C24H24ClN5O3S/c25-18-3-5-19(6-4-18)28-23(32)20-2-1-8-27-24(20)34-16-17-7-9-26-21(14-17)29-22(31)15-30-10-12-33-13-11-30/h1-9,14H,10-13,15-16H2,(H,28,32)(H,26,29,31). The number of benzene rings is 1. The highest BCUT2D eigenvalue weighted by molar-refractivity contribution is 7.98. The molecule has 2 aromatic heterocycles. The molecule has 2 N–H and O–H groups in total. The molecule has 1 saturated heterocycles. The van der Waals surface area contributed by atoms with E-state index in [-0.39, 0.29) is 11.8 Å². The van der Waals surface area contributed by atoms with Gasteiger partial charge in [-0.15, -0.1) is 11.8 Å². The van der Waals surface area contributed by atoms with Crippen molar-refractivity contribution < 1.29 is 14.3 Å². The second-order valence-electron chi connectivity index (χ2n) is 7.59. The predicted octanol–water partition coefficient (Wildman–Crippen LogP) is 3.95. The third kappa shape index (κ3) is 7.01. The van der Waals surface area contributed by atoms with Crippen molar-refractivity contribution >= 4 is 46.7 Å². The topological polar surface area (TPSA) is 96.5 Å². The molecule has 1 aliphatic heterocycles. The van der Waals surface area contributed by atoms with E-state index in [1.807, 2.05) is 12.1 Å². The van der Waals surface area contributed by atoms with E-state index in [1.165, 1.54) is 11.8 Å². The van der Waals surface area contributed by atoms with E-state index >= 15 is 0 Å². The van der Waals surface area contributed by atoms with Crippen molar-refractivity contribution in [3.05, 3.63) is 77.1 Å². The molecule has 1 aliphatic rings. The number of thioether (sulfide) groups is 1. The Morgan fingerprint density at radius 1 is 1.03 bits per heavy atom. The molecule has 0 unspecified atom stereocenters. The first-order valence-corrected chi connectivity index (χ1v) is 12.1. The van der Waals surface area contributed by atoms with E-state index < -0.39 is 0 Å². The van der Waals surface area contributed by atoms with Gasteiger partial charge in [0.1, 0.15) is 10.8 Å². The number of halogens is 1. The number of nitrogens with zero attached hydrogens (tertiary/aromatic N) is 3. The highest BCUT2D eigenvalue weighted by Gasteiger charge is 2.16. The summed E-state index contributed by atoms with van der Waals surface area (Å²) < 4.78 is 5.31. The number of ether oxygens (including phenoxy) is 1. The zero-order chi connectivity index (χ0) is 23.8. The van der Waals surface area contributed by atoms with Crippen LogP contribution in [0, 0.1) is 0 Å². The number of hydrogen-bond acceptors (Lipinski definition) is 7. The zero-order valence-electron chi connectivity index (χ0n) is 18.4. The number of rotatable bonds is 8. The molecule has 0 bridgehead atoms. The summed E-state index contributed by atoms with van der Waals surface area (Å²) >= 11 is 7.35. The van der Waals surface area contributed by atoms with E-state index in [0.29, 0.717) is 52.6 Å². The molecule has 1 aromatic carbocycles. The molecule has 8 nitrogen and oxygen atoms in total. The molecule has 0 spiro atoms. The first kappa shape index (κ1) is 24.2. The van der Waals surface area contributed by atoms with Gasteiger partial charge in [0.05, 0.1) is 25.3 Å². The van der Waals surface area contributed by atoms with Crippen molar-refractivity contribution in [3.63, 3.8) is 0 Å². The molecule has 4 rings (SSSR count). The summed E-state index contributed by atoms with van der Waals surface area (Å²) in [5.74, 6) is 0.708. The minimum absolute atomic E-state index is 0.106. The number of morpholine rings is 1. The van der Waals surface area contributed by atoms with Gasteiger partial charge < -0.3 is 15.4 Å². The smallest absolute Gasteiger partial charge is 0.258 e. The Morgan fingerprint density at radius 2 is 1.82 bits per heavy atom. The summed E-state index contributed by atoms with van der Waals surface area (Å²) in [5, 5.41) is 6.94. The van der Waals surface area contributed by atoms with Gasteiger partial charge in [-0.05, 0) is 54.1 Å².